The summed E-state index contributed by atoms with van der Waals surface area (Å²) in [5, 5.41) is 5.80. The van der Waals surface area contributed by atoms with Crippen LogP contribution in [-0.4, -0.2) is 55.4 Å². The zero-order chi connectivity index (χ0) is 21.3. The van der Waals surface area contributed by atoms with Crippen LogP contribution in [0.15, 0.2) is 18.2 Å². The number of aryl methyl sites for hydroxylation is 1. The topological polar surface area (TPSA) is 114 Å². The van der Waals surface area contributed by atoms with Crippen molar-refractivity contribution in [1.29, 1.82) is 0 Å². The number of rotatable bonds is 10. The van der Waals surface area contributed by atoms with Gasteiger partial charge in [0.2, 0.25) is 17.7 Å². The molecule has 3 amide bonds. The molecule has 1 saturated heterocycles. The van der Waals surface area contributed by atoms with Crippen LogP contribution in [0.4, 0.5) is 5.69 Å². The minimum Gasteiger partial charge on any atom is -0.494 e. The van der Waals surface area contributed by atoms with Gasteiger partial charge >= 0.3 is 0 Å². The molecule has 1 unspecified atom stereocenters. The van der Waals surface area contributed by atoms with Crippen LogP contribution in [0.25, 0.3) is 0 Å². The molecular formula is C22H32N4O4. The highest BCUT2D eigenvalue weighted by Gasteiger charge is 2.23. The molecule has 30 heavy (non-hydrogen) atoms. The van der Waals surface area contributed by atoms with Gasteiger partial charge in [-0.3, -0.25) is 14.4 Å². The van der Waals surface area contributed by atoms with Crippen LogP contribution in [0.3, 0.4) is 0 Å². The monoisotopic (exact) mass is 416 g/mol. The summed E-state index contributed by atoms with van der Waals surface area (Å²) >= 11 is 0. The van der Waals surface area contributed by atoms with Crippen molar-refractivity contribution in [1.82, 2.24) is 10.2 Å². The van der Waals surface area contributed by atoms with E-state index in [1.165, 1.54) is 0 Å². The van der Waals surface area contributed by atoms with E-state index in [4.69, 9.17) is 10.5 Å². The fourth-order valence-corrected chi connectivity index (χ4v) is 3.98. The van der Waals surface area contributed by atoms with E-state index in [-0.39, 0.29) is 23.6 Å². The molecule has 0 bridgehead atoms. The number of piperidine rings is 1. The van der Waals surface area contributed by atoms with E-state index in [9.17, 15) is 14.4 Å². The highest BCUT2D eigenvalue weighted by atomic mass is 16.5. The van der Waals surface area contributed by atoms with Crippen molar-refractivity contribution in [3.05, 3.63) is 23.8 Å². The predicted molar refractivity (Wildman–Crippen MR) is 114 cm³/mol. The molecule has 1 aromatic carbocycles. The zero-order valence-electron chi connectivity index (χ0n) is 17.5. The van der Waals surface area contributed by atoms with Crippen LogP contribution >= 0.6 is 0 Å². The second kappa shape index (κ2) is 11.0. The maximum Gasteiger partial charge on any atom is 0.224 e. The molecule has 1 atom stereocenters. The molecule has 3 rings (SSSR count). The number of nitrogens with one attached hydrogen (secondary N) is 2. The van der Waals surface area contributed by atoms with Crippen LogP contribution in [0.5, 0.6) is 5.75 Å². The van der Waals surface area contributed by atoms with Crippen LogP contribution < -0.4 is 21.1 Å². The number of likely N-dealkylation sites (tertiary alicyclic amines) is 1. The summed E-state index contributed by atoms with van der Waals surface area (Å²) in [5.74, 6) is 0.592. The maximum atomic E-state index is 12.0. The second-order valence-corrected chi connectivity index (χ2v) is 8.06. The number of benzene rings is 1. The van der Waals surface area contributed by atoms with Crippen molar-refractivity contribution in [2.24, 2.45) is 11.7 Å². The van der Waals surface area contributed by atoms with E-state index >= 15 is 0 Å². The number of hydrogen-bond acceptors (Lipinski definition) is 5. The Labute approximate surface area is 177 Å². The standard InChI is InChI=1S/C22H32N4O4/c23-22(29)17-4-1-11-26(15-17)12-3-10-24-20(27)5-2-13-30-18-7-8-19-16(14-18)6-9-21(28)25-19/h7-8,14,17H,1-6,9-13,15H2,(H2,23,29)(H,24,27)(H,25,28). The summed E-state index contributed by atoms with van der Waals surface area (Å²) in [6.45, 7) is 3.70. The van der Waals surface area contributed by atoms with Gasteiger partial charge in [-0.15, -0.1) is 0 Å². The van der Waals surface area contributed by atoms with Crippen LogP contribution in [-0.2, 0) is 20.8 Å². The van der Waals surface area contributed by atoms with E-state index < -0.39 is 0 Å². The lowest BCUT2D eigenvalue weighted by molar-refractivity contribution is -0.123. The molecule has 0 saturated carbocycles. The number of ether oxygens (including phenoxy) is 1. The number of carbonyl (C=O) groups is 3. The first-order valence-electron chi connectivity index (χ1n) is 10.8. The maximum absolute atomic E-state index is 12.0. The molecule has 1 fully saturated rings. The SMILES string of the molecule is NC(=O)C1CCCN(CCCNC(=O)CCCOc2ccc3c(c2)CCC(=O)N3)C1. The molecule has 0 spiro atoms. The Hall–Kier alpha value is -2.61. The van der Waals surface area contributed by atoms with Gasteiger partial charge in [0.1, 0.15) is 5.75 Å². The Balaban J connectivity index is 1.25. The number of fused-ring (bicyclic) bond motifs is 1. The second-order valence-electron chi connectivity index (χ2n) is 8.06. The normalized spacial score (nSPS) is 18.9. The summed E-state index contributed by atoms with van der Waals surface area (Å²) in [6.07, 6.45) is 5.03. The molecular weight excluding hydrogens is 384 g/mol. The lowest BCUT2D eigenvalue weighted by Gasteiger charge is -2.31. The fraction of sp³-hybridized carbons (Fsp3) is 0.591. The molecule has 8 heteroatoms. The quantitative estimate of drug-likeness (QED) is 0.500. The molecule has 2 aliphatic rings. The molecule has 0 radical (unpaired) electrons. The van der Waals surface area contributed by atoms with Crippen molar-refractivity contribution in [3.8, 4) is 5.75 Å². The Kier molecular flexibility index (Phi) is 8.07. The summed E-state index contributed by atoms with van der Waals surface area (Å²) < 4.78 is 5.75. The van der Waals surface area contributed by atoms with Crippen molar-refractivity contribution >= 4 is 23.4 Å². The third-order valence-corrected chi connectivity index (χ3v) is 5.67. The Morgan fingerprint density at radius 2 is 2.13 bits per heavy atom. The Morgan fingerprint density at radius 1 is 1.27 bits per heavy atom. The van der Waals surface area contributed by atoms with Gasteiger partial charge in [-0.25, -0.2) is 0 Å². The highest BCUT2D eigenvalue weighted by Crippen LogP contribution is 2.26. The predicted octanol–water partition coefficient (Wildman–Crippen LogP) is 1.43. The Morgan fingerprint density at radius 3 is 2.97 bits per heavy atom. The van der Waals surface area contributed by atoms with E-state index in [1.54, 1.807) is 0 Å². The van der Waals surface area contributed by atoms with Crippen LogP contribution in [0.2, 0.25) is 0 Å². The molecule has 2 aliphatic heterocycles. The minimum atomic E-state index is -0.211. The summed E-state index contributed by atoms with van der Waals surface area (Å²) in [6, 6.07) is 5.66. The van der Waals surface area contributed by atoms with Crippen molar-refractivity contribution in [2.45, 2.75) is 44.9 Å². The van der Waals surface area contributed by atoms with Crippen LogP contribution in [0, 0.1) is 5.92 Å². The lowest BCUT2D eigenvalue weighted by Crippen LogP contribution is -2.42. The first-order chi connectivity index (χ1) is 14.5. The third-order valence-electron chi connectivity index (χ3n) is 5.67. The molecule has 4 N–H and O–H groups in total. The number of nitrogens with zero attached hydrogens (tertiary/aromatic N) is 1. The number of anilines is 1. The molecule has 1 aromatic rings. The molecule has 0 aromatic heterocycles. The van der Waals surface area contributed by atoms with E-state index in [1.807, 2.05) is 18.2 Å². The van der Waals surface area contributed by atoms with Crippen LogP contribution in [0.1, 0.15) is 44.1 Å². The first-order valence-corrected chi connectivity index (χ1v) is 10.8. The number of primary amides is 1. The summed E-state index contributed by atoms with van der Waals surface area (Å²) in [5.41, 5.74) is 7.34. The number of hydrogen-bond donors (Lipinski definition) is 3. The molecule has 0 aliphatic carbocycles. The molecule has 164 valence electrons. The lowest BCUT2D eigenvalue weighted by atomic mass is 9.97. The molecule has 2 heterocycles. The van der Waals surface area contributed by atoms with Gasteiger partial charge in [0.05, 0.1) is 12.5 Å². The Bertz CT molecular complexity index is 768. The first kappa shape index (κ1) is 22.1. The van der Waals surface area contributed by atoms with E-state index in [0.717, 1.165) is 62.3 Å². The van der Waals surface area contributed by atoms with Gasteiger partial charge in [-0.05, 0) is 69.0 Å². The fourth-order valence-electron chi connectivity index (χ4n) is 3.98. The summed E-state index contributed by atoms with van der Waals surface area (Å²) in [7, 11) is 0. The summed E-state index contributed by atoms with van der Waals surface area (Å²) in [4.78, 5) is 37.0. The molecule has 8 nitrogen and oxygen atoms in total. The van der Waals surface area contributed by atoms with Crippen molar-refractivity contribution < 1.29 is 19.1 Å². The number of nitrogens with two attached hydrogens (primary N) is 1. The minimum absolute atomic E-state index is 0.0282. The van der Waals surface area contributed by atoms with Gasteiger partial charge in [-0.1, -0.05) is 0 Å². The van der Waals surface area contributed by atoms with Gasteiger partial charge in [0.15, 0.2) is 0 Å². The number of carbonyl (C=O) groups excluding carboxylic acids is 3. The largest absolute Gasteiger partial charge is 0.494 e. The number of amides is 3. The average Bonchev–Trinajstić information content (AvgIpc) is 2.74. The van der Waals surface area contributed by atoms with Gasteiger partial charge in [0, 0.05) is 31.6 Å². The van der Waals surface area contributed by atoms with Crippen molar-refractivity contribution in [2.75, 3.05) is 38.1 Å². The van der Waals surface area contributed by atoms with Gasteiger partial charge in [-0.2, -0.15) is 0 Å². The van der Waals surface area contributed by atoms with E-state index in [0.29, 0.717) is 32.4 Å². The third kappa shape index (κ3) is 6.73. The zero-order valence-corrected chi connectivity index (χ0v) is 17.5. The average molecular weight is 417 g/mol. The van der Waals surface area contributed by atoms with Gasteiger partial charge in [0.25, 0.3) is 0 Å². The highest BCUT2D eigenvalue weighted by molar-refractivity contribution is 5.94. The van der Waals surface area contributed by atoms with Crippen molar-refractivity contribution in [3.63, 3.8) is 0 Å². The van der Waals surface area contributed by atoms with E-state index in [2.05, 4.69) is 15.5 Å². The smallest absolute Gasteiger partial charge is 0.224 e. The van der Waals surface area contributed by atoms with Gasteiger partial charge < -0.3 is 26.0 Å².